The largest absolute Gasteiger partial charge is 0.376 e. The van der Waals surface area contributed by atoms with Gasteiger partial charge in [0.05, 0.1) is 18.7 Å². The Balaban J connectivity index is 1.67. The summed E-state index contributed by atoms with van der Waals surface area (Å²) in [5, 5.41) is 13.4. The summed E-state index contributed by atoms with van der Waals surface area (Å²) in [6, 6.07) is 7.96. The van der Waals surface area contributed by atoms with Crippen molar-refractivity contribution in [1.29, 1.82) is 0 Å². The molecule has 140 valence electrons. The smallest absolute Gasteiger partial charge is 0.173 e. The molecule has 0 amide bonds. The van der Waals surface area contributed by atoms with Gasteiger partial charge in [-0.2, -0.15) is 0 Å². The van der Waals surface area contributed by atoms with E-state index in [4.69, 9.17) is 16.3 Å². The predicted octanol–water partition coefficient (Wildman–Crippen LogP) is 1.84. The van der Waals surface area contributed by atoms with Crippen molar-refractivity contribution in [2.45, 2.75) is 31.5 Å². The molecule has 1 aromatic heterocycles. The molecule has 2 saturated heterocycles. The molecule has 0 N–H and O–H groups in total. The number of halogens is 1. The van der Waals surface area contributed by atoms with Crippen molar-refractivity contribution < 1.29 is 4.74 Å². The molecule has 0 unspecified atom stereocenters. The summed E-state index contributed by atoms with van der Waals surface area (Å²) in [5.74, 6) is 0.846. The third-order valence-corrected chi connectivity index (χ3v) is 5.65. The molecule has 2 aliphatic heterocycles. The fourth-order valence-electron chi connectivity index (χ4n) is 3.79. The lowest BCUT2D eigenvalue weighted by Gasteiger charge is -2.37. The Hall–Kier alpha value is -1.54. The summed E-state index contributed by atoms with van der Waals surface area (Å²) < 4.78 is 7.69. The van der Waals surface area contributed by atoms with Crippen LogP contribution in [0, 0.1) is 0 Å². The van der Waals surface area contributed by atoms with Gasteiger partial charge in [-0.25, -0.2) is 4.68 Å². The molecule has 26 heavy (non-hydrogen) atoms. The van der Waals surface area contributed by atoms with Crippen LogP contribution in [0.15, 0.2) is 24.3 Å². The highest BCUT2D eigenvalue weighted by molar-refractivity contribution is 6.31. The average molecular weight is 377 g/mol. The first-order valence-electron chi connectivity index (χ1n) is 9.27. The highest BCUT2D eigenvalue weighted by Crippen LogP contribution is 2.33. The molecule has 0 spiro atoms. The summed E-state index contributed by atoms with van der Waals surface area (Å²) in [6.45, 7) is 5.48. The van der Waals surface area contributed by atoms with Gasteiger partial charge in [-0.05, 0) is 41.9 Å². The van der Waals surface area contributed by atoms with Gasteiger partial charge in [-0.15, -0.1) is 5.10 Å². The third-order valence-electron chi connectivity index (χ3n) is 5.31. The van der Waals surface area contributed by atoms with Gasteiger partial charge in [0.1, 0.15) is 0 Å². The molecule has 1 aromatic carbocycles. The quantitative estimate of drug-likeness (QED) is 0.793. The number of rotatable bonds is 5. The highest BCUT2D eigenvalue weighted by Gasteiger charge is 2.32. The van der Waals surface area contributed by atoms with Crippen molar-refractivity contribution in [3.8, 4) is 0 Å². The van der Waals surface area contributed by atoms with Gasteiger partial charge in [-0.3, -0.25) is 4.90 Å². The van der Waals surface area contributed by atoms with E-state index < -0.39 is 0 Å². The molecule has 2 fully saturated rings. The van der Waals surface area contributed by atoms with Gasteiger partial charge < -0.3 is 9.64 Å². The first-order valence-corrected chi connectivity index (χ1v) is 9.65. The first-order chi connectivity index (χ1) is 12.7. The fraction of sp³-hybridized carbons (Fsp3) is 0.611. The Bertz CT molecular complexity index is 724. The van der Waals surface area contributed by atoms with Gasteiger partial charge in [-0.1, -0.05) is 29.8 Å². The molecule has 8 heteroatoms. The Labute approximate surface area is 158 Å². The molecule has 0 saturated carbocycles. The molecule has 0 aliphatic carbocycles. The van der Waals surface area contributed by atoms with Gasteiger partial charge in [0.2, 0.25) is 0 Å². The van der Waals surface area contributed by atoms with Gasteiger partial charge >= 0.3 is 0 Å². The second-order valence-corrected chi connectivity index (χ2v) is 7.52. The number of likely N-dealkylation sites (N-methyl/N-ethyl adjacent to an activating group) is 1. The summed E-state index contributed by atoms with van der Waals surface area (Å²) in [5.41, 5.74) is 1.06. The van der Waals surface area contributed by atoms with Crippen LogP contribution in [-0.4, -0.2) is 75.9 Å². The van der Waals surface area contributed by atoms with E-state index in [1.165, 1.54) is 0 Å². The molecule has 2 atom stereocenters. The van der Waals surface area contributed by atoms with Crippen molar-refractivity contribution in [1.82, 2.24) is 30.0 Å². The van der Waals surface area contributed by atoms with Gasteiger partial charge in [0.15, 0.2) is 5.82 Å². The zero-order chi connectivity index (χ0) is 17.9. The van der Waals surface area contributed by atoms with Crippen LogP contribution in [-0.2, 0) is 11.3 Å². The van der Waals surface area contributed by atoms with Crippen LogP contribution in [0.1, 0.15) is 30.3 Å². The van der Waals surface area contributed by atoms with Crippen molar-refractivity contribution >= 4 is 11.6 Å². The fourth-order valence-corrected chi connectivity index (χ4v) is 4.03. The molecular formula is C18H25ClN6O. The maximum Gasteiger partial charge on any atom is 0.173 e. The Morgan fingerprint density at radius 1 is 1.23 bits per heavy atom. The predicted molar refractivity (Wildman–Crippen MR) is 99.2 cm³/mol. The lowest BCUT2D eigenvalue weighted by atomic mass is 10.0. The Morgan fingerprint density at radius 2 is 2.04 bits per heavy atom. The number of nitrogens with zero attached hydrogens (tertiary/aromatic N) is 6. The Kier molecular flexibility index (Phi) is 5.49. The van der Waals surface area contributed by atoms with E-state index in [9.17, 15) is 0 Å². The molecule has 4 rings (SSSR count). The van der Waals surface area contributed by atoms with Gasteiger partial charge in [0, 0.05) is 37.8 Å². The minimum Gasteiger partial charge on any atom is -0.376 e. The number of hydrogen-bond acceptors (Lipinski definition) is 6. The van der Waals surface area contributed by atoms with E-state index in [1.807, 2.05) is 22.9 Å². The van der Waals surface area contributed by atoms with Crippen LogP contribution in [0.2, 0.25) is 5.02 Å². The lowest BCUT2D eigenvalue weighted by Crippen LogP contribution is -2.47. The van der Waals surface area contributed by atoms with E-state index in [-0.39, 0.29) is 12.1 Å². The van der Waals surface area contributed by atoms with Crippen molar-refractivity contribution in [3.63, 3.8) is 0 Å². The van der Waals surface area contributed by atoms with Gasteiger partial charge in [0.25, 0.3) is 0 Å². The van der Waals surface area contributed by atoms with Crippen LogP contribution in [0.25, 0.3) is 0 Å². The summed E-state index contributed by atoms with van der Waals surface area (Å²) in [4.78, 5) is 4.77. The van der Waals surface area contributed by atoms with E-state index in [0.717, 1.165) is 62.0 Å². The Morgan fingerprint density at radius 3 is 2.77 bits per heavy atom. The molecule has 2 aromatic rings. The molecular weight excluding hydrogens is 352 g/mol. The van der Waals surface area contributed by atoms with Crippen LogP contribution in [0.4, 0.5) is 0 Å². The average Bonchev–Trinajstić information content (AvgIpc) is 3.31. The zero-order valence-corrected chi connectivity index (χ0v) is 15.8. The van der Waals surface area contributed by atoms with E-state index in [0.29, 0.717) is 6.54 Å². The van der Waals surface area contributed by atoms with Crippen LogP contribution in [0.3, 0.4) is 0 Å². The van der Waals surface area contributed by atoms with Crippen molar-refractivity contribution in [2.75, 3.05) is 39.8 Å². The molecule has 0 radical (unpaired) electrons. The van der Waals surface area contributed by atoms with E-state index >= 15 is 0 Å². The SMILES string of the molecule is CN1CCN([C@@H](c2ccccc2Cl)c2nnnn2C[C@H]2CCCO2)CC1. The lowest BCUT2D eigenvalue weighted by molar-refractivity contribution is 0.0879. The van der Waals surface area contributed by atoms with Crippen LogP contribution < -0.4 is 0 Å². The number of piperazine rings is 1. The number of hydrogen-bond donors (Lipinski definition) is 0. The van der Waals surface area contributed by atoms with Crippen LogP contribution in [0.5, 0.6) is 0 Å². The van der Waals surface area contributed by atoms with Crippen molar-refractivity contribution in [3.05, 3.63) is 40.7 Å². The topological polar surface area (TPSA) is 59.3 Å². The summed E-state index contributed by atoms with van der Waals surface area (Å²) >= 11 is 6.57. The van der Waals surface area contributed by atoms with Crippen molar-refractivity contribution in [2.24, 2.45) is 0 Å². The molecule has 3 heterocycles. The maximum absolute atomic E-state index is 6.57. The summed E-state index contributed by atoms with van der Waals surface area (Å²) in [6.07, 6.45) is 2.36. The minimum absolute atomic E-state index is 0.0474. The van der Waals surface area contributed by atoms with Crippen LogP contribution >= 0.6 is 11.6 Å². The second kappa shape index (κ2) is 8.00. The number of ether oxygens (including phenoxy) is 1. The second-order valence-electron chi connectivity index (χ2n) is 7.12. The normalized spacial score (nSPS) is 23.4. The minimum atomic E-state index is -0.0474. The standard InChI is InChI=1S/C18H25ClN6O/c1-23-8-10-24(11-9-23)17(15-6-2-3-7-16(15)19)18-20-21-22-25(18)13-14-5-4-12-26-14/h2-3,6-7,14,17H,4-5,8-13H2,1H3/t14-,17+/m1/s1. The number of tetrazole rings is 1. The van der Waals surface area contributed by atoms with E-state index in [1.54, 1.807) is 0 Å². The van der Waals surface area contributed by atoms with E-state index in [2.05, 4.69) is 38.4 Å². The zero-order valence-electron chi connectivity index (χ0n) is 15.1. The monoisotopic (exact) mass is 376 g/mol. The summed E-state index contributed by atoms with van der Waals surface area (Å²) in [7, 11) is 2.16. The number of aromatic nitrogens is 4. The molecule has 2 aliphatic rings. The first kappa shape index (κ1) is 17.9. The third kappa shape index (κ3) is 3.76. The number of benzene rings is 1. The molecule has 7 nitrogen and oxygen atoms in total. The molecule has 0 bridgehead atoms. The highest BCUT2D eigenvalue weighted by atomic mass is 35.5. The maximum atomic E-state index is 6.57.